The zero-order chi connectivity index (χ0) is 11.3. The molecule has 0 aromatic heterocycles. The van der Waals surface area contributed by atoms with Crippen LogP contribution in [-0.2, 0) is 4.79 Å². The number of carbonyl (C=O) groups excluding carboxylic acids is 1. The summed E-state index contributed by atoms with van der Waals surface area (Å²) in [5, 5.41) is 3.07. The van der Waals surface area contributed by atoms with Crippen molar-refractivity contribution in [1.29, 1.82) is 0 Å². The highest BCUT2D eigenvalue weighted by molar-refractivity contribution is 5.76. The minimum Gasteiger partial charge on any atom is -0.352 e. The van der Waals surface area contributed by atoms with Gasteiger partial charge in [0.25, 0.3) is 0 Å². The molecule has 3 unspecified atom stereocenters. The summed E-state index contributed by atoms with van der Waals surface area (Å²) in [6.07, 6.45) is 6.20. The summed E-state index contributed by atoms with van der Waals surface area (Å²) in [5.41, 5.74) is 5.98. The van der Waals surface area contributed by atoms with Crippen molar-refractivity contribution in [1.82, 2.24) is 5.32 Å². The van der Waals surface area contributed by atoms with Gasteiger partial charge in [-0.25, -0.2) is 0 Å². The Bertz CT molecular complexity index is 206. The van der Waals surface area contributed by atoms with Gasteiger partial charge < -0.3 is 11.1 Å². The van der Waals surface area contributed by atoms with Gasteiger partial charge in [0.15, 0.2) is 0 Å². The van der Waals surface area contributed by atoms with Gasteiger partial charge >= 0.3 is 0 Å². The third-order valence-corrected chi connectivity index (χ3v) is 3.40. The average molecular weight is 212 g/mol. The largest absolute Gasteiger partial charge is 0.352 e. The van der Waals surface area contributed by atoms with Crippen molar-refractivity contribution < 1.29 is 4.79 Å². The van der Waals surface area contributed by atoms with E-state index in [-0.39, 0.29) is 18.0 Å². The molecule has 1 fully saturated rings. The lowest BCUT2D eigenvalue weighted by Crippen LogP contribution is -2.49. The second-order valence-electron chi connectivity index (χ2n) is 4.84. The summed E-state index contributed by atoms with van der Waals surface area (Å²) < 4.78 is 0. The summed E-state index contributed by atoms with van der Waals surface area (Å²) in [6.45, 7) is 4.23. The maximum absolute atomic E-state index is 11.7. The summed E-state index contributed by atoms with van der Waals surface area (Å²) in [7, 11) is 0. The third-order valence-electron chi connectivity index (χ3n) is 3.40. The fraction of sp³-hybridized carbons (Fsp3) is 0.917. The van der Waals surface area contributed by atoms with Gasteiger partial charge in [-0.3, -0.25) is 4.79 Å². The predicted molar refractivity (Wildman–Crippen MR) is 62.4 cm³/mol. The minimum atomic E-state index is 0.166. The van der Waals surface area contributed by atoms with Crippen LogP contribution in [0, 0.1) is 5.92 Å². The number of rotatable bonds is 4. The van der Waals surface area contributed by atoms with E-state index in [0.717, 1.165) is 19.3 Å². The third kappa shape index (κ3) is 4.20. The van der Waals surface area contributed by atoms with E-state index in [1.54, 1.807) is 0 Å². The van der Waals surface area contributed by atoms with E-state index < -0.39 is 0 Å². The normalized spacial score (nSPS) is 28.5. The van der Waals surface area contributed by atoms with E-state index in [4.69, 9.17) is 5.73 Å². The summed E-state index contributed by atoms with van der Waals surface area (Å²) in [6, 6.07) is 0.384. The Kier molecular flexibility index (Phi) is 5.09. The summed E-state index contributed by atoms with van der Waals surface area (Å²) in [4.78, 5) is 11.7. The van der Waals surface area contributed by atoms with Crippen LogP contribution in [-0.4, -0.2) is 18.0 Å². The molecule has 0 aromatic rings. The first kappa shape index (κ1) is 12.5. The first-order valence-corrected chi connectivity index (χ1v) is 6.18. The van der Waals surface area contributed by atoms with E-state index in [1.807, 2.05) is 0 Å². The van der Waals surface area contributed by atoms with Gasteiger partial charge in [0, 0.05) is 18.5 Å². The molecule has 3 N–H and O–H groups in total. The lowest BCUT2D eigenvalue weighted by Gasteiger charge is -2.29. The van der Waals surface area contributed by atoms with E-state index >= 15 is 0 Å². The molecule has 1 amide bonds. The van der Waals surface area contributed by atoms with Gasteiger partial charge in [0.05, 0.1) is 0 Å². The molecule has 0 heterocycles. The molecule has 0 aromatic carbocycles. The van der Waals surface area contributed by atoms with Gasteiger partial charge in [0.2, 0.25) is 5.91 Å². The second kappa shape index (κ2) is 6.11. The lowest BCUT2D eigenvalue weighted by molar-refractivity contribution is -0.123. The van der Waals surface area contributed by atoms with Crippen molar-refractivity contribution >= 4 is 5.91 Å². The van der Waals surface area contributed by atoms with Crippen LogP contribution >= 0.6 is 0 Å². The molecular weight excluding hydrogens is 188 g/mol. The summed E-state index contributed by atoms with van der Waals surface area (Å²) >= 11 is 0. The molecule has 0 radical (unpaired) electrons. The molecule has 1 rings (SSSR count). The first-order chi connectivity index (χ1) is 7.13. The van der Waals surface area contributed by atoms with Crippen LogP contribution in [0.1, 0.15) is 52.4 Å². The number of hydrogen-bond acceptors (Lipinski definition) is 2. The van der Waals surface area contributed by atoms with Crippen LogP contribution in [0.15, 0.2) is 0 Å². The van der Waals surface area contributed by atoms with Crippen LogP contribution in [0.3, 0.4) is 0 Å². The Morgan fingerprint density at radius 2 is 2.13 bits per heavy atom. The van der Waals surface area contributed by atoms with E-state index in [0.29, 0.717) is 12.3 Å². The molecule has 3 nitrogen and oxygen atoms in total. The minimum absolute atomic E-state index is 0.166. The number of nitrogens with two attached hydrogens (primary N) is 1. The molecule has 1 aliphatic rings. The van der Waals surface area contributed by atoms with Crippen molar-refractivity contribution in [2.75, 3.05) is 0 Å². The number of amides is 1. The molecule has 0 bridgehead atoms. The zero-order valence-electron chi connectivity index (χ0n) is 9.96. The Balaban J connectivity index is 2.29. The van der Waals surface area contributed by atoms with Crippen molar-refractivity contribution in [3.05, 3.63) is 0 Å². The topological polar surface area (TPSA) is 55.1 Å². The Morgan fingerprint density at radius 3 is 2.73 bits per heavy atom. The van der Waals surface area contributed by atoms with Crippen LogP contribution in [0.5, 0.6) is 0 Å². The van der Waals surface area contributed by atoms with E-state index in [1.165, 1.54) is 12.8 Å². The summed E-state index contributed by atoms with van der Waals surface area (Å²) in [5.74, 6) is 0.650. The molecule has 1 aliphatic carbocycles. The molecule has 0 saturated heterocycles. The number of nitrogens with one attached hydrogen (secondary N) is 1. The Hall–Kier alpha value is -0.570. The lowest BCUT2D eigenvalue weighted by atomic mass is 9.90. The highest BCUT2D eigenvalue weighted by atomic mass is 16.1. The fourth-order valence-electron chi connectivity index (χ4n) is 2.07. The second-order valence-corrected chi connectivity index (χ2v) is 4.84. The molecule has 3 heteroatoms. The monoisotopic (exact) mass is 212 g/mol. The zero-order valence-corrected chi connectivity index (χ0v) is 9.96. The van der Waals surface area contributed by atoms with E-state index in [9.17, 15) is 4.79 Å². The fourth-order valence-corrected chi connectivity index (χ4v) is 2.07. The first-order valence-electron chi connectivity index (χ1n) is 6.18. The van der Waals surface area contributed by atoms with Gasteiger partial charge in [-0.2, -0.15) is 0 Å². The average Bonchev–Trinajstić information content (AvgIpc) is 2.21. The van der Waals surface area contributed by atoms with Crippen LogP contribution in [0.4, 0.5) is 0 Å². The number of carbonyl (C=O) groups is 1. The van der Waals surface area contributed by atoms with Crippen LogP contribution in [0.2, 0.25) is 0 Å². The van der Waals surface area contributed by atoms with Gasteiger partial charge in [-0.1, -0.05) is 33.1 Å². The van der Waals surface area contributed by atoms with Crippen molar-refractivity contribution in [3.8, 4) is 0 Å². The van der Waals surface area contributed by atoms with Crippen molar-refractivity contribution in [3.63, 3.8) is 0 Å². The molecule has 3 atom stereocenters. The molecular formula is C12H24N2O. The molecule has 0 aliphatic heterocycles. The SMILES string of the molecule is CCC(C)CC(=O)NC1CCCCC1N. The molecule has 88 valence electrons. The van der Waals surface area contributed by atoms with Crippen molar-refractivity contribution in [2.45, 2.75) is 64.5 Å². The van der Waals surface area contributed by atoms with Crippen LogP contribution in [0.25, 0.3) is 0 Å². The molecule has 0 spiro atoms. The number of hydrogen-bond donors (Lipinski definition) is 2. The highest BCUT2D eigenvalue weighted by Gasteiger charge is 2.23. The van der Waals surface area contributed by atoms with Crippen molar-refractivity contribution in [2.24, 2.45) is 11.7 Å². The van der Waals surface area contributed by atoms with Gasteiger partial charge in [-0.15, -0.1) is 0 Å². The standard InChI is InChI=1S/C12H24N2O/c1-3-9(2)8-12(15)14-11-7-5-4-6-10(11)13/h9-11H,3-8,13H2,1-2H3,(H,14,15). The molecule has 1 saturated carbocycles. The van der Waals surface area contributed by atoms with Gasteiger partial charge in [0.1, 0.15) is 0 Å². The Labute approximate surface area is 92.8 Å². The van der Waals surface area contributed by atoms with Gasteiger partial charge in [-0.05, 0) is 18.8 Å². The maximum atomic E-state index is 11.7. The Morgan fingerprint density at radius 1 is 1.47 bits per heavy atom. The maximum Gasteiger partial charge on any atom is 0.220 e. The predicted octanol–water partition coefficient (Wildman–Crippen LogP) is 1.81. The van der Waals surface area contributed by atoms with Crippen LogP contribution < -0.4 is 11.1 Å². The smallest absolute Gasteiger partial charge is 0.220 e. The quantitative estimate of drug-likeness (QED) is 0.746. The van der Waals surface area contributed by atoms with E-state index in [2.05, 4.69) is 19.2 Å². The molecule has 15 heavy (non-hydrogen) atoms. The highest BCUT2D eigenvalue weighted by Crippen LogP contribution is 2.17.